The van der Waals surface area contributed by atoms with Crippen molar-refractivity contribution in [3.8, 4) is 5.88 Å². The molecule has 0 saturated heterocycles. The van der Waals surface area contributed by atoms with E-state index in [2.05, 4.69) is 36.6 Å². The fraction of sp³-hybridized carbons (Fsp3) is 0.381. The highest BCUT2D eigenvalue weighted by molar-refractivity contribution is 6.14. The fourth-order valence-electron chi connectivity index (χ4n) is 3.55. The maximum absolute atomic E-state index is 8.71. The van der Waals surface area contributed by atoms with Gasteiger partial charge in [0.15, 0.2) is 5.82 Å². The molecular formula is C21H26N8O. The van der Waals surface area contributed by atoms with Crippen molar-refractivity contribution in [2.24, 2.45) is 0 Å². The Balaban J connectivity index is 1.59. The maximum atomic E-state index is 8.71. The largest absolute Gasteiger partial charge is 0.475 e. The molecule has 0 bridgehead atoms. The van der Waals surface area contributed by atoms with Crippen molar-refractivity contribution in [1.82, 2.24) is 24.7 Å². The quantitative estimate of drug-likeness (QED) is 0.603. The van der Waals surface area contributed by atoms with Crippen LogP contribution >= 0.6 is 0 Å². The number of nitrogens with one attached hydrogen (secondary N) is 1. The van der Waals surface area contributed by atoms with E-state index in [1.54, 1.807) is 12.3 Å². The average Bonchev–Trinajstić information content (AvgIpc) is 3.16. The monoisotopic (exact) mass is 406 g/mol. The van der Waals surface area contributed by atoms with E-state index in [4.69, 9.17) is 15.9 Å². The van der Waals surface area contributed by atoms with Crippen LogP contribution < -0.4 is 15.4 Å². The summed E-state index contributed by atoms with van der Waals surface area (Å²) in [6.07, 6.45) is 4.11. The molecule has 0 unspecified atom stereocenters. The predicted octanol–water partition coefficient (Wildman–Crippen LogP) is 2.44. The topological polar surface area (TPSA) is 119 Å². The number of nitrogens with zero attached hydrogens (tertiary/aromatic N) is 6. The SMILES string of the molecule is CCc1nnc2n1CCN(c1cc(C(=N)c3cc(OC(C)C)ncc3N)ccn1)C2. The van der Waals surface area contributed by atoms with Gasteiger partial charge in [0.25, 0.3) is 0 Å². The summed E-state index contributed by atoms with van der Waals surface area (Å²) in [5, 5.41) is 17.3. The molecule has 1 aliphatic heterocycles. The molecule has 0 atom stereocenters. The van der Waals surface area contributed by atoms with Gasteiger partial charge in [-0.05, 0) is 26.0 Å². The van der Waals surface area contributed by atoms with Crippen LogP contribution in [0.2, 0.25) is 0 Å². The fourth-order valence-corrected chi connectivity index (χ4v) is 3.55. The molecule has 9 nitrogen and oxygen atoms in total. The highest BCUT2D eigenvalue weighted by Gasteiger charge is 2.22. The van der Waals surface area contributed by atoms with E-state index in [1.165, 1.54) is 6.20 Å². The lowest BCUT2D eigenvalue weighted by Gasteiger charge is -2.29. The molecule has 0 spiro atoms. The van der Waals surface area contributed by atoms with Crippen molar-refractivity contribution >= 4 is 17.2 Å². The molecule has 4 heterocycles. The molecular weight excluding hydrogens is 380 g/mol. The van der Waals surface area contributed by atoms with Crippen molar-refractivity contribution in [3.63, 3.8) is 0 Å². The molecule has 1 aliphatic rings. The number of pyridine rings is 2. The molecule has 4 rings (SSSR count). The van der Waals surface area contributed by atoms with Crippen molar-refractivity contribution < 1.29 is 4.74 Å². The van der Waals surface area contributed by atoms with Gasteiger partial charge in [0.05, 0.1) is 30.2 Å². The van der Waals surface area contributed by atoms with Crippen LogP contribution in [0.15, 0.2) is 30.6 Å². The summed E-state index contributed by atoms with van der Waals surface area (Å²) in [4.78, 5) is 10.9. The van der Waals surface area contributed by atoms with Gasteiger partial charge in [0.2, 0.25) is 5.88 Å². The van der Waals surface area contributed by atoms with E-state index in [-0.39, 0.29) is 6.10 Å². The Hall–Kier alpha value is -3.49. The van der Waals surface area contributed by atoms with Crippen molar-refractivity contribution in [2.45, 2.75) is 46.4 Å². The Kier molecular flexibility index (Phi) is 5.35. The zero-order chi connectivity index (χ0) is 21.3. The average molecular weight is 406 g/mol. The third-order valence-electron chi connectivity index (χ3n) is 5.04. The van der Waals surface area contributed by atoms with Crippen molar-refractivity contribution in [3.05, 3.63) is 53.4 Å². The van der Waals surface area contributed by atoms with Crippen LogP contribution in [0.1, 0.15) is 43.5 Å². The summed E-state index contributed by atoms with van der Waals surface area (Å²) < 4.78 is 7.84. The minimum absolute atomic E-state index is 0.00921. The molecule has 30 heavy (non-hydrogen) atoms. The molecule has 156 valence electrons. The first kappa shape index (κ1) is 19.8. The summed E-state index contributed by atoms with van der Waals surface area (Å²) in [7, 11) is 0. The van der Waals surface area contributed by atoms with Gasteiger partial charge in [0.1, 0.15) is 11.6 Å². The second-order valence-electron chi connectivity index (χ2n) is 7.51. The van der Waals surface area contributed by atoms with Gasteiger partial charge >= 0.3 is 0 Å². The smallest absolute Gasteiger partial charge is 0.214 e. The lowest BCUT2D eigenvalue weighted by atomic mass is 10.0. The summed E-state index contributed by atoms with van der Waals surface area (Å²) in [5.74, 6) is 3.21. The number of nitrogen functional groups attached to an aromatic ring is 1. The van der Waals surface area contributed by atoms with Crippen LogP contribution in [0.25, 0.3) is 0 Å². The third-order valence-corrected chi connectivity index (χ3v) is 5.04. The Morgan fingerprint density at radius 1 is 1.23 bits per heavy atom. The summed E-state index contributed by atoms with van der Waals surface area (Å²) in [6.45, 7) is 8.22. The number of fused-ring (bicyclic) bond motifs is 1. The Bertz CT molecular complexity index is 1070. The predicted molar refractivity (Wildman–Crippen MR) is 115 cm³/mol. The molecule has 3 aromatic heterocycles. The van der Waals surface area contributed by atoms with Crippen LogP contribution in [0.3, 0.4) is 0 Å². The number of aromatic nitrogens is 5. The Morgan fingerprint density at radius 3 is 2.83 bits per heavy atom. The van der Waals surface area contributed by atoms with Gasteiger partial charge in [0, 0.05) is 42.9 Å². The molecule has 0 saturated carbocycles. The molecule has 3 N–H and O–H groups in total. The highest BCUT2D eigenvalue weighted by Crippen LogP contribution is 2.24. The Morgan fingerprint density at radius 2 is 2.07 bits per heavy atom. The lowest BCUT2D eigenvalue weighted by Crippen LogP contribution is -2.35. The first-order chi connectivity index (χ1) is 14.5. The second kappa shape index (κ2) is 8.10. The molecule has 0 aliphatic carbocycles. The van der Waals surface area contributed by atoms with E-state index in [1.807, 2.05) is 26.0 Å². The van der Waals surface area contributed by atoms with E-state index >= 15 is 0 Å². The number of rotatable bonds is 6. The molecule has 0 fully saturated rings. The van der Waals surface area contributed by atoms with Crippen LogP contribution in [-0.4, -0.2) is 43.1 Å². The number of hydrogen-bond donors (Lipinski definition) is 2. The molecule has 0 radical (unpaired) electrons. The van der Waals surface area contributed by atoms with Gasteiger partial charge in [-0.1, -0.05) is 6.92 Å². The van der Waals surface area contributed by atoms with E-state index in [0.29, 0.717) is 29.4 Å². The maximum Gasteiger partial charge on any atom is 0.214 e. The molecule has 0 amide bonds. The van der Waals surface area contributed by atoms with Gasteiger partial charge in [-0.25, -0.2) is 9.97 Å². The summed E-state index contributed by atoms with van der Waals surface area (Å²) >= 11 is 0. The molecule has 0 aromatic carbocycles. The van der Waals surface area contributed by atoms with Crippen molar-refractivity contribution in [2.75, 3.05) is 17.2 Å². The van der Waals surface area contributed by atoms with Gasteiger partial charge < -0.3 is 19.9 Å². The summed E-state index contributed by atoms with van der Waals surface area (Å²) in [5.41, 5.74) is 8.17. The van der Waals surface area contributed by atoms with Crippen LogP contribution in [0.5, 0.6) is 5.88 Å². The van der Waals surface area contributed by atoms with E-state index < -0.39 is 0 Å². The third kappa shape index (κ3) is 3.83. The number of anilines is 2. The number of ether oxygens (including phenoxy) is 1. The Labute approximate surface area is 175 Å². The first-order valence-electron chi connectivity index (χ1n) is 10.1. The first-order valence-corrected chi connectivity index (χ1v) is 10.1. The van der Waals surface area contributed by atoms with Crippen molar-refractivity contribution in [1.29, 1.82) is 5.41 Å². The zero-order valence-electron chi connectivity index (χ0n) is 17.5. The number of hydrogen-bond acceptors (Lipinski definition) is 8. The lowest BCUT2D eigenvalue weighted by molar-refractivity contribution is 0.232. The number of nitrogens with two attached hydrogens (primary N) is 1. The van der Waals surface area contributed by atoms with Crippen LogP contribution in [0, 0.1) is 5.41 Å². The van der Waals surface area contributed by atoms with E-state index in [0.717, 1.165) is 42.5 Å². The number of aryl methyl sites for hydroxylation is 1. The zero-order valence-corrected chi connectivity index (χ0v) is 17.5. The van der Waals surface area contributed by atoms with Crippen LogP contribution in [0.4, 0.5) is 11.5 Å². The van der Waals surface area contributed by atoms with Crippen LogP contribution in [-0.2, 0) is 19.5 Å². The van der Waals surface area contributed by atoms with Gasteiger partial charge in [-0.15, -0.1) is 10.2 Å². The van der Waals surface area contributed by atoms with Gasteiger partial charge in [-0.2, -0.15) is 0 Å². The molecule has 9 heteroatoms. The highest BCUT2D eigenvalue weighted by atomic mass is 16.5. The molecule has 3 aromatic rings. The standard InChI is InChI=1S/C21H26N8O/c1-4-17-26-27-19-12-28(7-8-29(17)19)18-9-14(5-6-24-18)21(23)15-10-20(30-13(2)3)25-11-16(15)22/h5-6,9-11,13,23H,4,7-8,12,22H2,1-3H3. The normalized spacial score (nSPS) is 13.4. The summed E-state index contributed by atoms with van der Waals surface area (Å²) in [6, 6.07) is 5.45. The van der Waals surface area contributed by atoms with E-state index in [9.17, 15) is 0 Å². The minimum Gasteiger partial charge on any atom is -0.475 e. The van der Waals surface area contributed by atoms with Gasteiger partial charge in [-0.3, -0.25) is 5.41 Å². The minimum atomic E-state index is -0.00921. The second-order valence-corrected chi connectivity index (χ2v) is 7.51.